The van der Waals surface area contributed by atoms with Crippen LogP contribution < -0.4 is 10.1 Å². The van der Waals surface area contributed by atoms with Crippen LogP contribution in [0.3, 0.4) is 0 Å². The summed E-state index contributed by atoms with van der Waals surface area (Å²) in [7, 11) is 0. The van der Waals surface area contributed by atoms with Crippen molar-refractivity contribution in [2.24, 2.45) is 0 Å². The molecule has 0 saturated carbocycles. The predicted octanol–water partition coefficient (Wildman–Crippen LogP) is 3.19. The van der Waals surface area contributed by atoms with Gasteiger partial charge in [0.05, 0.1) is 6.54 Å². The summed E-state index contributed by atoms with van der Waals surface area (Å²) in [6, 6.07) is 11.9. The van der Waals surface area contributed by atoms with Gasteiger partial charge in [0.25, 0.3) is 0 Å². The zero-order valence-corrected chi connectivity index (χ0v) is 10.8. The summed E-state index contributed by atoms with van der Waals surface area (Å²) in [5.74, 6) is 1.79. The first-order chi connectivity index (χ1) is 8.75. The number of pyridine rings is 1. The highest BCUT2D eigenvalue weighted by atomic mass is 16.5. The quantitative estimate of drug-likeness (QED) is 0.818. The summed E-state index contributed by atoms with van der Waals surface area (Å²) in [6.45, 7) is 5.55. The van der Waals surface area contributed by atoms with E-state index in [1.165, 1.54) is 11.1 Å². The fourth-order valence-electron chi connectivity index (χ4n) is 1.62. The highest BCUT2D eigenvalue weighted by Crippen LogP contribution is 2.16. The van der Waals surface area contributed by atoms with Gasteiger partial charge in [-0.05, 0) is 49.2 Å². The van der Waals surface area contributed by atoms with Gasteiger partial charge in [-0.3, -0.25) is 0 Å². The van der Waals surface area contributed by atoms with Crippen molar-refractivity contribution in [2.45, 2.75) is 13.8 Å². The molecular weight excluding hydrogens is 224 g/mol. The lowest BCUT2D eigenvalue weighted by molar-refractivity contribution is 0.332. The number of aromatic nitrogens is 1. The second-order valence-corrected chi connectivity index (χ2v) is 4.24. The van der Waals surface area contributed by atoms with Gasteiger partial charge in [-0.25, -0.2) is 4.98 Å². The van der Waals surface area contributed by atoms with Gasteiger partial charge in [0.2, 0.25) is 0 Å². The SMILES string of the molecule is Cc1ccc(OCCNc2ccccn2)cc1C. The van der Waals surface area contributed by atoms with Gasteiger partial charge in [-0.15, -0.1) is 0 Å². The monoisotopic (exact) mass is 242 g/mol. The van der Waals surface area contributed by atoms with Crippen LogP contribution in [-0.2, 0) is 0 Å². The van der Waals surface area contributed by atoms with E-state index in [0.29, 0.717) is 6.61 Å². The third kappa shape index (κ3) is 3.48. The van der Waals surface area contributed by atoms with E-state index < -0.39 is 0 Å². The topological polar surface area (TPSA) is 34.1 Å². The third-order valence-corrected chi connectivity index (χ3v) is 2.82. The normalized spacial score (nSPS) is 10.1. The molecule has 0 aliphatic heterocycles. The Morgan fingerprint density at radius 2 is 2.00 bits per heavy atom. The molecule has 1 heterocycles. The Morgan fingerprint density at radius 3 is 2.72 bits per heavy atom. The number of ether oxygens (including phenoxy) is 1. The van der Waals surface area contributed by atoms with Crippen molar-refractivity contribution in [1.29, 1.82) is 0 Å². The van der Waals surface area contributed by atoms with E-state index in [1.807, 2.05) is 24.3 Å². The molecule has 1 aromatic carbocycles. The van der Waals surface area contributed by atoms with Gasteiger partial charge < -0.3 is 10.1 Å². The van der Waals surface area contributed by atoms with E-state index in [0.717, 1.165) is 18.1 Å². The van der Waals surface area contributed by atoms with Crippen LogP contribution in [0.5, 0.6) is 5.75 Å². The molecule has 0 bridgehead atoms. The van der Waals surface area contributed by atoms with Crippen LogP contribution in [0.4, 0.5) is 5.82 Å². The van der Waals surface area contributed by atoms with E-state index in [2.05, 4.69) is 36.3 Å². The first-order valence-corrected chi connectivity index (χ1v) is 6.10. The van der Waals surface area contributed by atoms with Crippen LogP contribution in [0.25, 0.3) is 0 Å². The first-order valence-electron chi connectivity index (χ1n) is 6.10. The standard InChI is InChI=1S/C15H18N2O/c1-12-6-7-14(11-13(12)2)18-10-9-17-15-5-3-4-8-16-15/h3-8,11H,9-10H2,1-2H3,(H,16,17). The highest BCUT2D eigenvalue weighted by molar-refractivity contribution is 5.34. The fourth-order valence-corrected chi connectivity index (χ4v) is 1.62. The molecule has 2 rings (SSSR count). The number of nitrogens with one attached hydrogen (secondary N) is 1. The minimum Gasteiger partial charge on any atom is -0.492 e. The first kappa shape index (κ1) is 12.4. The Morgan fingerprint density at radius 1 is 1.11 bits per heavy atom. The summed E-state index contributed by atoms with van der Waals surface area (Å²) < 4.78 is 5.67. The van der Waals surface area contributed by atoms with Crippen molar-refractivity contribution in [3.63, 3.8) is 0 Å². The van der Waals surface area contributed by atoms with E-state index in [4.69, 9.17) is 4.74 Å². The third-order valence-electron chi connectivity index (χ3n) is 2.82. The van der Waals surface area contributed by atoms with Crippen LogP contribution in [0.1, 0.15) is 11.1 Å². The largest absolute Gasteiger partial charge is 0.492 e. The maximum Gasteiger partial charge on any atom is 0.125 e. The zero-order valence-electron chi connectivity index (χ0n) is 10.8. The summed E-state index contributed by atoms with van der Waals surface area (Å²) in [5, 5.41) is 3.20. The summed E-state index contributed by atoms with van der Waals surface area (Å²) in [6.07, 6.45) is 1.77. The van der Waals surface area contributed by atoms with Gasteiger partial charge in [-0.2, -0.15) is 0 Å². The number of nitrogens with zero attached hydrogens (tertiary/aromatic N) is 1. The number of benzene rings is 1. The van der Waals surface area contributed by atoms with Gasteiger partial charge in [0.1, 0.15) is 18.2 Å². The Balaban J connectivity index is 1.77. The molecule has 18 heavy (non-hydrogen) atoms. The van der Waals surface area contributed by atoms with Crippen molar-refractivity contribution in [3.05, 3.63) is 53.7 Å². The van der Waals surface area contributed by atoms with E-state index in [9.17, 15) is 0 Å². The summed E-state index contributed by atoms with van der Waals surface area (Å²) >= 11 is 0. The number of hydrogen-bond donors (Lipinski definition) is 1. The maximum absolute atomic E-state index is 5.67. The number of hydrogen-bond acceptors (Lipinski definition) is 3. The molecule has 94 valence electrons. The molecule has 0 spiro atoms. The van der Waals surface area contributed by atoms with Crippen LogP contribution in [0, 0.1) is 13.8 Å². The van der Waals surface area contributed by atoms with Gasteiger partial charge in [-0.1, -0.05) is 12.1 Å². The second kappa shape index (κ2) is 6.05. The van der Waals surface area contributed by atoms with E-state index in [1.54, 1.807) is 6.20 Å². The van der Waals surface area contributed by atoms with Gasteiger partial charge >= 0.3 is 0 Å². The molecular formula is C15H18N2O. The molecule has 1 N–H and O–H groups in total. The fraction of sp³-hybridized carbons (Fsp3) is 0.267. The Bertz CT molecular complexity index is 497. The lowest BCUT2D eigenvalue weighted by Crippen LogP contribution is -2.12. The highest BCUT2D eigenvalue weighted by Gasteiger charge is 1.97. The average molecular weight is 242 g/mol. The number of anilines is 1. The van der Waals surface area contributed by atoms with Crippen LogP contribution in [-0.4, -0.2) is 18.1 Å². The van der Waals surface area contributed by atoms with E-state index in [-0.39, 0.29) is 0 Å². The molecule has 0 atom stereocenters. The van der Waals surface area contributed by atoms with Crippen LogP contribution in [0.2, 0.25) is 0 Å². The molecule has 0 aliphatic rings. The molecule has 3 heteroatoms. The average Bonchev–Trinajstić information content (AvgIpc) is 2.40. The van der Waals surface area contributed by atoms with Crippen molar-refractivity contribution in [3.8, 4) is 5.75 Å². The van der Waals surface area contributed by atoms with Gasteiger partial charge in [0.15, 0.2) is 0 Å². The molecule has 0 radical (unpaired) electrons. The molecule has 3 nitrogen and oxygen atoms in total. The van der Waals surface area contributed by atoms with Gasteiger partial charge in [0, 0.05) is 6.20 Å². The number of rotatable bonds is 5. The minimum absolute atomic E-state index is 0.624. The molecule has 2 aromatic rings. The van der Waals surface area contributed by atoms with Crippen molar-refractivity contribution < 1.29 is 4.74 Å². The number of aryl methyl sites for hydroxylation is 2. The Hall–Kier alpha value is -2.03. The Labute approximate surface area is 108 Å². The minimum atomic E-state index is 0.624. The van der Waals surface area contributed by atoms with Crippen molar-refractivity contribution >= 4 is 5.82 Å². The Kier molecular flexibility index (Phi) is 4.18. The summed E-state index contributed by atoms with van der Waals surface area (Å²) in [5.41, 5.74) is 2.54. The molecule has 1 aromatic heterocycles. The van der Waals surface area contributed by atoms with Crippen LogP contribution >= 0.6 is 0 Å². The summed E-state index contributed by atoms with van der Waals surface area (Å²) in [4.78, 5) is 4.18. The molecule has 0 unspecified atom stereocenters. The maximum atomic E-state index is 5.67. The van der Waals surface area contributed by atoms with Crippen LogP contribution in [0.15, 0.2) is 42.6 Å². The lowest BCUT2D eigenvalue weighted by atomic mass is 10.1. The predicted molar refractivity (Wildman–Crippen MR) is 74.1 cm³/mol. The van der Waals surface area contributed by atoms with Crippen molar-refractivity contribution in [1.82, 2.24) is 4.98 Å². The smallest absolute Gasteiger partial charge is 0.125 e. The molecule has 0 aliphatic carbocycles. The second-order valence-electron chi connectivity index (χ2n) is 4.24. The molecule has 0 fully saturated rings. The zero-order chi connectivity index (χ0) is 12.8. The van der Waals surface area contributed by atoms with E-state index >= 15 is 0 Å². The molecule has 0 saturated heterocycles. The lowest BCUT2D eigenvalue weighted by Gasteiger charge is -2.09. The molecule has 0 amide bonds. The van der Waals surface area contributed by atoms with Crippen molar-refractivity contribution in [2.75, 3.05) is 18.5 Å².